The monoisotopic (exact) mass is 302 g/mol. The summed E-state index contributed by atoms with van der Waals surface area (Å²) < 4.78 is 5.84. The van der Waals surface area contributed by atoms with Crippen LogP contribution < -0.4 is 16.1 Å². The van der Waals surface area contributed by atoms with Crippen molar-refractivity contribution < 1.29 is 14.4 Å². The van der Waals surface area contributed by atoms with E-state index in [1.54, 1.807) is 6.26 Å². The van der Waals surface area contributed by atoms with Gasteiger partial charge in [0.15, 0.2) is 0 Å². The van der Waals surface area contributed by atoms with Crippen LogP contribution in [0.4, 0.5) is 0 Å². The quantitative estimate of drug-likeness (QED) is 0.335. The molecule has 1 rings (SSSR count). The van der Waals surface area contributed by atoms with Gasteiger partial charge in [0.05, 0.1) is 12.2 Å². The van der Waals surface area contributed by atoms with Crippen molar-refractivity contribution in [2.75, 3.05) is 19.5 Å². The maximum atomic E-state index is 11.7. The lowest BCUT2D eigenvalue weighted by Crippen LogP contribution is -2.37. The number of aromatic nitrogens is 2. The average molecular weight is 302 g/mol. The van der Waals surface area contributed by atoms with Crippen LogP contribution in [0.2, 0.25) is 0 Å². The van der Waals surface area contributed by atoms with Gasteiger partial charge in [0.25, 0.3) is 5.56 Å². The maximum Gasteiger partial charge on any atom is 0.362 e. The second-order valence-electron chi connectivity index (χ2n) is 3.92. The molecule has 1 aromatic heterocycles. The molecule has 0 saturated heterocycles. The summed E-state index contributed by atoms with van der Waals surface area (Å²) in [6.45, 7) is 3.59. The van der Waals surface area contributed by atoms with E-state index < -0.39 is 5.69 Å². The van der Waals surface area contributed by atoms with Gasteiger partial charge in [-0.05, 0) is 12.7 Å². The number of H-pyrrole nitrogens is 1. The van der Waals surface area contributed by atoms with Crippen LogP contribution in [0.1, 0.15) is 25.8 Å². The van der Waals surface area contributed by atoms with Crippen LogP contribution in [0.5, 0.6) is 0 Å². The van der Waals surface area contributed by atoms with Crippen LogP contribution >= 0.6 is 11.8 Å². The van der Waals surface area contributed by atoms with E-state index in [2.05, 4.69) is 4.98 Å². The van der Waals surface area contributed by atoms with Gasteiger partial charge in [-0.25, -0.2) is 4.79 Å². The minimum atomic E-state index is -0.607. The number of carbonyl (C=O) groups excluding carboxylic acids is 1. The predicted octanol–water partition coefficient (Wildman–Crippen LogP) is 0.203. The Bertz CT molecular complexity index is 578. The molecule has 8 heteroatoms. The third kappa shape index (κ3) is 4.16. The first-order valence-corrected chi connectivity index (χ1v) is 7.42. The molecule has 0 radical (unpaired) electrons. The molecule has 0 aliphatic heterocycles. The summed E-state index contributed by atoms with van der Waals surface area (Å²) in [5.74, 6) is -0.357. The molecule has 7 nitrogen and oxygen atoms in total. The number of ether oxygens (including phenoxy) is 1. The van der Waals surface area contributed by atoms with Crippen LogP contribution in [0.3, 0.4) is 0 Å². The first-order valence-electron chi connectivity index (χ1n) is 6.20. The molecule has 0 aromatic carbocycles. The van der Waals surface area contributed by atoms with Crippen molar-refractivity contribution in [2.24, 2.45) is 0 Å². The van der Waals surface area contributed by atoms with Gasteiger partial charge in [-0.1, -0.05) is 6.92 Å². The molecule has 0 bridgehead atoms. The Morgan fingerprint density at radius 1 is 1.35 bits per heavy atom. The number of rotatable bonds is 7. The summed E-state index contributed by atoms with van der Waals surface area (Å²) in [5, 5.41) is 0.494. The second kappa shape index (κ2) is 7.78. The Labute approximate surface area is 120 Å². The molecule has 112 valence electrons. The van der Waals surface area contributed by atoms with E-state index in [9.17, 15) is 14.4 Å². The fourth-order valence-corrected chi connectivity index (χ4v) is 2.39. The molecular formula is C12H18N2O5S. The summed E-state index contributed by atoms with van der Waals surface area (Å²) in [5.41, 5.74) is -0.484. The van der Waals surface area contributed by atoms with Crippen LogP contribution in [-0.2, 0) is 16.0 Å². The van der Waals surface area contributed by atoms with Gasteiger partial charge in [0.2, 0.25) is 0 Å². The van der Waals surface area contributed by atoms with Crippen LogP contribution in [0.15, 0.2) is 14.6 Å². The van der Waals surface area contributed by atoms with Gasteiger partial charge < -0.3 is 9.57 Å². The molecule has 0 unspecified atom stereocenters. The summed E-state index contributed by atoms with van der Waals surface area (Å²) in [7, 11) is 0. The van der Waals surface area contributed by atoms with E-state index in [1.807, 2.05) is 6.92 Å². The molecule has 1 aromatic rings. The van der Waals surface area contributed by atoms with Crippen molar-refractivity contribution in [3.63, 3.8) is 0 Å². The highest BCUT2D eigenvalue weighted by molar-refractivity contribution is 7.98. The number of hydrogen-bond donors (Lipinski definition) is 1. The van der Waals surface area contributed by atoms with Crippen molar-refractivity contribution in [1.29, 1.82) is 0 Å². The highest BCUT2D eigenvalue weighted by Gasteiger charge is 2.13. The lowest BCUT2D eigenvalue weighted by atomic mass is 10.3. The van der Waals surface area contributed by atoms with Crippen LogP contribution in [0.25, 0.3) is 0 Å². The highest BCUT2D eigenvalue weighted by atomic mass is 32.2. The standard InChI is InChI=1S/C12H18N2O5S/c1-4-9-10(16)13-12(17)14(11(9)20-3)19-7-5-6-18-8(2)15/h4-7H2,1-3H3,(H,13,16,17). The minimum absolute atomic E-state index is 0.204. The third-order valence-corrected chi connectivity index (χ3v) is 3.28. The Kier molecular flexibility index (Phi) is 6.37. The summed E-state index contributed by atoms with van der Waals surface area (Å²) in [6.07, 6.45) is 2.73. The molecule has 0 aliphatic rings. The van der Waals surface area contributed by atoms with Crippen molar-refractivity contribution in [2.45, 2.75) is 31.7 Å². The van der Waals surface area contributed by atoms with E-state index in [0.717, 1.165) is 4.73 Å². The first kappa shape index (κ1) is 16.4. The smallest absolute Gasteiger partial charge is 0.362 e. The topological polar surface area (TPSA) is 90.4 Å². The maximum absolute atomic E-state index is 11.7. The van der Waals surface area contributed by atoms with E-state index >= 15 is 0 Å². The van der Waals surface area contributed by atoms with Gasteiger partial charge in [0.1, 0.15) is 11.6 Å². The zero-order valence-corrected chi connectivity index (χ0v) is 12.5. The van der Waals surface area contributed by atoms with Crippen LogP contribution in [0, 0.1) is 0 Å². The Balaban J connectivity index is 2.81. The van der Waals surface area contributed by atoms with Crippen molar-refractivity contribution in [3.05, 3.63) is 26.4 Å². The van der Waals surface area contributed by atoms with Gasteiger partial charge in [-0.3, -0.25) is 14.6 Å². The second-order valence-corrected chi connectivity index (χ2v) is 4.72. The normalized spacial score (nSPS) is 10.3. The Morgan fingerprint density at radius 2 is 2.05 bits per heavy atom. The molecule has 0 amide bonds. The Morgan fingerprint density at radius 3 is 2.60 bits per heavy atom. The van der Waals surface area contributed by atoms with Gasteiger partial charge in [0, 0.05) is 13.3 Å². The van der Waals surface area contributed by atoms with Gasteiger partial charge in [-0.2, -0.15) is 0 Å². The molecule has 0 saturated carbocycles. The minimum Gasteiger partial charge on any atom is -0.466 e. The number of nitrogens with zero attached hydrogens (tertiary/aromatic N) is 1. The molecule has 20 heavy (non-hydrogen) atoms. The van der Waals surface area contributed by atoms with Crippen molar-refractivity contribution in [1.82, 2.24) is 9.71 Å². The summed E-state index contributed by atoms with van der Waals surface area (Å²) in [6, 6.07) is 0. The molecule has 0 atom stereocenters. The average Bonchev–Trinajstić information content (AvgIpc) is 2.39. The number of esters is 1. The third-order valence-electron chi connectivity index (χ3n) is 2.48. The highest BCUT2D eigenvalue weighted by Crippen LogP contribution is 2.15. The van der Waals surface area contributed by atoms with Gasteiger partial charge in [-0.15, -0.1) is 16.5 Å². The molecule has 1 N–H and O–H groups in total. The number of carbonyl (C=O) groups is 1. The fraction of sp³-hybridized carbons (Fsp3) is 0.583. The first-order chi connectivity index (χ1) is 9.51. The van der Waals surface area contributed by atoms with Crippen molar-refractivity contribution >= 4 is 17.7 Å². The van der Waals surface area contributed by atoms with E-state index in [0.29, 0.717) is 23.4 Å². The zero-order valence-electron chi connectivity index (χ0n) is 11.7. The summed E-state index contributed by atoms with van der Waals surface area (Å²) in [4.78, 5) is 41.6. The predicted molar refractivity (Wildman–Crippen MR) is 75.2 cm³/mol. The van der Waals surface area contributed by atoms with Crippen molar-refractivity contribution in [3.8, 4) is 0 Å². The SMILES string of the molecule is CCc1c(SC)n(OCCCOC(C)=O)c(=O)[nH]c1=O. The zero-order chi connectivity index (χ0) is 15.1. The van der Waals surface area contributed by atoms with E-state index in [-0.39, 0.29) is 24.7 Å². The van der Waals surface area contributed by atoms with Gasteiger partial charge >= 0.3 is 11.7 Å². The molecular weight excluding hydrogens is 284 g/mol. The molecule has 0 fully saturated rings. The number of aromatic amines is 1. The molecule has 0 aliphatic carbocycles. The Hall–Kier alpha value is -1.70. The number of hydrogen-bond acceptors (Lipinski definition) is 6. The molecule has 0 spiro atoms. The lowest BCUT2D eigenvalue weighted by molar-refractivity contribution is -0.141. The number of thioether (sulfide) groups is 1. The summed E-state index contributed by atoms with van der Waals surface area (Å²) >= 11 is 1.28. The largest absolute Gasteiger partial charge is 0.466 e. The van der Waals surface area contributed by atoms with E-state index in [1.165, 1.54) is 18.7 Å². The molecule has 1 heterocycles. The number of nitrogens with one attached hydrogen (secondary N) is 1. The van der Waals surface area contributed by atoms with E-state index in [4.69, 9.17) is 9.57 Å². The fourth-order valence-electron chi connectivity index (χ4n) is 1.60. The van der Waals surface area contributed by atoms with Crippen LogP contribution in [-0.4, -0.2) is 35.2 Å². The lowest BCUT2D eigenvalue weighted by Gasteiger charge is -2.14.